The predicted molar refractivity (Wildman–Crippen MR) is 128 cm³/mol. The molecular weight excluding hydrogens is 457 g/mol. The van der Waals surface area contributed by atoms with Gasteiger partial charge >= 0.3 is 6.18 Å². The molecule has 1 amide bonds. The summed E-state index contributed by atoms with van der Waals surface area (Å²) >= 11 is 0. The molecule has 0 bridgehead atoms. The molecule has 0 aliphatic carbocycles. The van der Waals surface area contributed by atoms with Crippen molar-refractivity contribution in [2.24, 2.45) is 5.10 Å². The summed E-state index contributed by atoms with van der Waals surface area (Å²) in [7, 11) is 0. The van der Waals surface area contributed by atoms with Gasteiger partial charge in [-0.05, 0) is 43.2 Å². The molecule has 3 N–H and O–H groups in total. The first-order valence-electron chi connectivity index (χ1n) is 11.7. The molecule has 10 heteroatoms. The van der Waals surface area contributed by atoms with Crippen molar-refractivity contribution >= 4 is 11.6 Å². The third-order valence-corrected chi connectivity index (χ3v) is 5.84. The van der Waals surface area contributed by atoms with Crippen LogP contribution in [0, 0.1) is 0 Å². The molecule has 35 heavy (non-hydrogen) atoms. The van der Waals surface area contributed by atoms with Gasteiger partial charge in [0.05, 0.1) is 17.8 Å². The Kier molecular flexibility index (Phi) is 7.18. The predicted octanol–water partition coefficient (Wildman–Crippen LogP) is 3.62. The van der Waals surface area contributed by atoms with Crippen LogP contribution in [0.25, 0.3) is 0 Å². The molecule has 0 saturated carbocycles. The third kappa shape index (κ3) is 5.36. The quantitative estimate of drug-likeness (QED) is 0.524. The number of alkyl halides is 3. The minimum atomic E-state index is -4.52. The molecule has 7 nitrogen and oxygen atoms in total. The van der Waals surface area contributed by atoms with Crippen LogP contribution < -0.4 is 16.0 Å². The van der Waals surface area contributed by atoms with Gasteiger partial charge in [0.25, 0.3) is 5.91 Å². The fourth-order valence-corrected chi connectivity index (χ4v) is 4.21. The molecule has 0 fully saturated rings. The lowest BCUT2D eigenvalue weighted by Crippen LogP contribution is -2.42. The largest absolute Gasteiger partial charge is 0.417 e. The Hall–Kier alpha value is -3.69. The molecule has 1 atom stereocenters. The van der Waals surface area contributed by atoms with E-state index in [0.29, 0.717) is 12.4 Å². The molecule has 186 valence electrons. The van der Waals surface area contributed by atoms with Crippen LogP contribution in [0.5, 0.6) is 0 Å². The summed E-state index contributed by atoms with van der Waals surface area (Å²) in [6, 6.07) is 5.27. The molecule has 3 heterocycles. The van der Waals surface area contributed by atoms with Crippen molar-refractivity contribution in [1.82, 2.24) is 25.9 Å². The van der Waals surface area contributed by atoms with Gasteiger partial charge in [-0.3, -0.25) is 4.79 Å². The summed E-state index contributed by atoms with van der Waals surface area (Å²) in [6.07, 6.45) is 5.67. The molecule has 3 aliphatic heterocycles. The highest BCUT2D eigenvalue weighted by atomic mass is 19.4. The van der Waals surface area contributed by atoms with Crippen molar-refractivity contribution in [1.29, 1.82) is 0 Å². The number of carbonyl (C=O) groups excluding carboxylic acids is 1. The van der Waals surface area contributed by atoms with Crippen LogP contribution in [0.2, 0.25) is 0 Å². The molecule has 0 saturated heterocycles. The Bertz CT molecular complexity index is 1110. The van der Waals surface area contributed by atoms with Crippen molar-refractivity contribution in [2.75, 3.05) is 19.6 Å². The molecule has 1 unspecified atom stereocenters. The number of benzene rings is 1. The number of fused-ring (bicyclic) bond motifs is 1. The zero-order valence-electron chi connectivity index (χ0n) is 19.7. The summed E-state index contributed by atoms with van der Waals surface area (Å²) in [6.45, 7) is 6.81. The van der Waals surface area contributed by atoms with Crippen molar-refractivity contribution in [3.8, 4) is 0 Å². The Morgan fingerprint density at radius 1 is 1.20 bits per heavy atom. The molecule has 0 aromatic heterocycles. The van der Waals surface area contributed by atoms with Gasteiger partial charge in [-0.2, -0.15) is 18.3 Å². The Labute approximate surface area is 202 Å². The maximum Gasteiger partial charge on any atom is 0.417 e. The first kappa shape index (κ1) is 24.4. The summed E-state index contributed by atoms with van der Waals surface area (Å²) in [4.78, 5) is 15.3. The van der Waals surface area contributed by atoms with Gasteiger partial charge in [-0.1, -0.05) is 32.0 Å². The highest BCUT2D eigenvalue weighted by molar-refractivity contribution is 6.10. The number of rotatable bonds is 8. The SMILES string of the molecule is CCCN(CCC)C1=CC=C(NC(=O)C2=CNC3C=CC(c4ccccc4C(F)(F)F)=NN23)NC1. The van der Waals surface area contributed by atoms with Crippen molar-refractivity contribution in [2.45, 2.75) is 39.0 Å². The van der Waals surface area contributed by atoms with Crippen LogP contribution in [0.4, 0.5) is 13.2 Å². The van der Waals surface area contributed by atoms with E-state index in [4.69, 9.17) is 0 Å². The first-order valence-corrected chi connectivity index (χ1v) is 11.7. The molecule has 4 rings (SSSR count). The highest BCUT2D eigenvalue weighted by Gasteiger charge is 2.36. The van der Waals surface area contributed by atoms with Gasteiger partial charge in [-0.15, -0.1) is 0 Å². The lowest BCUT2D eigenvalue weighted by atomic mass is 10.0. The second-order valence-electron chi connectivity index (χ2n) is 8.41. The molecule has 0 spiro atoms. The molecule has 0 radical (unpaired) electrons. The van der Waals surface area contributed by atoms with E-state index >= 15 is 0 Å². The number of nitrogens with zero attached hydrogens (tertiary/aromatic N) is 3. The fourth-order valence-electron chi connectivity index (χ4n) is 4.21. The normalized spacial score (nSPS) is 19.0. The average Bonchev–Trinajstić information content (AvgIpc) is 3.27. The number of allylic oxidation sites excluding steroid dienone is 3. The van der Waals surface area contributed by atoms with E-state index in [2.05, 4.69) is 39.8 Å². The van der Waals surface area contributed by atoms with Crippen LogP contribution >= 0.6 is 0 Å². The maximum atomic E-state index is 13.5. The number of hydrogen-bond acceptors (Lipinski definition) is 6. The number of halogens is 3. The van der Waals surface area contributed by atoms with Crippen molar-refractivity contribution in [3.05, 3.63) is 83.1 Å². The number of amides is 1. The molecular formula is C25H29F3N6O. The van der Waals surface area contributed by atoms with Crippen LogP contribution in [0.15, 0.2) is 77.1 Å². The molecule has 1 aromatic carbocycles. The number of hydrogen-bond donors (Lipinski definition) is 3. The molecule has 3 aliphatic rings. The highest BCUT2D eigenvalue weighted by Crippen LogP contribution is 2.33. The molecule has 1 aromatic rings. The van der Waals surface area contributed by atoms with Gasteiger partial charge in [0, 0.05) is 30.5 Å². The monoisotopic (exact) mass is 486 g/mol. The van der Waals surface area contributed by atoms with E-state index in [1.54, 1.807) is 6.08 Å². The Morgan fingerprint density at radius 2 is 1.94 bits per heavy atom. The average molecular weight is 487 g/mol. The van der Waals surface area contributed by atoms with E-state index in [1.165, 1.54) is 35.5 Å². The zero-order chi connectivity index (χ0) is 25.0. The van der Waals surface area contributed by atoms with Crippen LogP contribution in [0.3, 0.4) is 0 Å². The summed E-state index contributed by atoms with van der Waals surface area (Å²) in [5.74, 6) is 0.132. The van der Waals surface area contributed by atoms with E-state index < -0.39 is 23.8 Å². The number of hydrazone groups is 1. The van der Waals surface area contributed by atoms with Gasteiger partial charge in [0.2, 0.25) is 0 Å². The van der Waals surface area contributed by atoms with Gasteiger partial charge < -0.3 is 20.9 Å². The van der Waals surface area contributed by atoms with E-state index in [9.17, 15) is 18.0 Å². The van der Waals surface area contributed by atoms with Crippen LogP contribution in [0.1, 0.15) is 37.8 Å². The Balaban J connectivity index is 1.49. The smallest absolute Gasteiger partial charge is 0.373 e. The lowest BCUT2D eigenvalue weighted by Gasteiger charge is -2.30. The zero-order valence-corrected chi connectivity index (χ0v) is 19.7. The van der Waals surface area contributed by atoms with E-state index in [1.807, 2.05) is 12.2 Å². The fraction of sp³-hybridized carbons (Fsp3) is 0.360. The summed E-state index contributed by atoms with van der Waals surface area (Å²) in [5, 5.41) is 14.9. The van der Waals surface area contributed by atoms with Gasteiger partial charge in [-0.25, -0.2) is 5.01 Å². The van der Waals surface area contributed by atoms with Gasteiger partial charge in [0.15, 0.2) is 0 Å². The van der Waals surface area contributed by atoms with Crippen molar-refractivity contribution in [3.63, 3.8) is 0 Å². The van der Waals surface area contributed by atoms with E-state index in [-0.39, 0.29) is 17.0 Å². The second-order valence-corrected chi connectivity index (χ2v) is 8.41. The maximum absolute atomic E-state index is 13.5. The third-order valence-electron chi connectivity index (χ3n) is 5.84. The second kappa shape index (κ2) is 10.3. The van der Waals surface area contributed by atoms with Crippen LogP contribution in [-0.2, 0) is 11.0 Å². The number of nitrogens with one attached hydrogen (secondary N) is 3. The van der Waals surface area contributed by atoms with Gasteiger partial charge in [0.1, 0.15) is 17.7 Å². The van der Waals surface area contributed by atoms with E-state index in [0.717, 1.165) is 37.7 Å². The number of carbonyl (C=O) groups is 1. The standard InChI is InChI=1S/C25H29F3N6O/c1-3-13-33(14-4-2)17-9-11-22(29-15-17)31-24(35)21-16-30-23-12-10-20(32-34(21)23)18-7-5-6-8-19(18)25(26,27)28/h5-12,16,23,29-30H,3-4,13-15H2,1-2H3,(H,31,35). The minimum Gasteiger partial charge on any atom is -0.373 e. The topological polar surface area (TPSA) is 72.0 Å². The Morgan fingerprint density at radius 3 is 2.60 bits per heavy atom. The van der Waals surface area contributed by atoms with Crippen LogP contribution in [-0.4, -0.2) is 47.3 Å². The number of dihydropyridines is 1. The summed E-state index contributed by atoms with van der Waals surface area (Å²) < 4.78 is 40.5. The lowest BCUT2D eigenvalue weighted by molar-refractivity contribution is -0.137. The van der Waals surface area contributed by atoms with Crippen molar-refractivity contribution < 1.29 is 18.0 Å². The summed E-state index contributed by atoms with van der Waals surface area (Å²) in [5.41, 5.74) is 0.679. The minimum absolute atomic E-state index is 0.0422. The first-order chi connectivity index (χ1) is 16.8.